The second kappa shape index (κ2) is 10.9. The van der Waals surface area contributed by atoms with Crippen molar-refractivity contribution >= 4 is 28.9 Å². The highest BCUT2D eigenvalue weighted by Crippen LogP contribution is 2.36. The van der Waals surface area contributed by atoms with Crippen LogP contribution >= 0.6 is 11.6 Å². The molecule has 3 aromatic heterocycles. The highest BCUT2D eigenvalue weighted by Gasteiger charge is 2.32. The highest BCUT2D eigenvalue weighted by atomic mass is 35.5. The number of hydrogen-bond acceptors (Lipinski definition) is 8. The number of amides is 1. The fourth-order valence-electron chi connectivity index (χ4n) is 5.52. The first-order chi connectivity index (χ1) is 19.0. The van der Waals surface area contributed by atoms with Gasteiger partial charge >= 0.3 is 6.09 Å². The van der Waals surface area contributed by atoms with Crippen molar-refractivity contribution < 1.29 is 14.4 Å². The summed E-state index contributed by atoms with van der Waals surface area (Å²) < 4.78 is 8.27. The van der Waals surface area contributed by atoms with Crippen LogP contribution in [0.25, 0.3) is 22.4 Å². The van der Waals surface area contributed by atoms with Crippen LogP contribution in [0.4, 0.5) is 4.79 Å². The van der Waals surface area contributed by atoms with Gasteiger partial charge in [-0.05, 0) is 36.3 Å². The van der Waals surface area contributed by atoms with Crippen molar-refractivity contribution in [2.24, 2.45) is 11.8 Å². The Morgan fingerprint density at radius 2 is 1.92 bits per heavy atom. The third-order valence-electron chi connectivity index (χ3n) is 7.57. The molecule has 1 amide bonds. The average Bonchev–Trinajstić information content (AvgIpc) is 3.54. The van der Waals surface area contributed by atoms with E-state index in [1.165, 1.54) is 12.8 Å². The topological polar surface area (TPSA) is 116 Å². The van der Waals surface area contributed by atoms with Crippen molar-refractivity contribution in [1.82, 2.24) is 35.3 Å². The first kappa shape index (κ1) is 25.7. The summed E-state index contributed by atoms with van der Waals surface area (Å²) >= 11 is 6.36. The van der Waals surface area contributed by atoms with Gasteiger partial charge in [-0.15, -0.1) is 5.48 Å². The van der Waals surface area contributed by atoms with Crippen LogP contribution in [0.2, 0.25) is 5.02 Å². The average molecular weight is 548 g/mol. The molecule has 6 rings (SSSR count). The largest absolute Gasteiger partial charge is 0.427 e. The van der Waals surface area contributed by atoms with Crippen molar-refractivity contribution in [1.29, 1.82) is 0 Å². The zero-order valence-corrected chi connectivity index (χ0v) is 22.6. The quantitative estimate of drug-likeness (QED) is 0.318. The summed E-state index contributed by atoms with van der Waals surface area (Å²) in [6.07, 6.45) is 6.26. The first-order valence-electron chi connectivity index (χ1n) is 13.2. The third kappa shape index (κ3) is 5.19. The van der Waals surface area contributed by atoms with Gasteiger partial charge in [0.1, 0.15) is 23.1 Å². The van der Waals surface area contributed by atoms with E-state index in [2.05, 4.69) is 27.3 Å². The van der Waals surface area contributed by atoms with Crippen molar-refractivity contribution in [3.05, 3.63) is 71.0 Å². The molecule has 2 atom stereocenters. The standard InChI is InChI=1S/C28H30ClN7O3/c1-16-8-10-17(11-9-16)15-36-22-21(19-12-20(29)14-30-13-19)31-25(26-34-28(37)39-35-26)32-24(22)33-27(36)23(38-2)18-6-4-3-5-7-18/h3-7,12-14,16-17,23,26,35H,8-11,15H2,1-2H3,(H,34,37). The Morgan fingerprint density at radius 1 is 1.13 bits per heavy atom. The molecule has 0 radical (unpaired) electrons. The minimum absolute atomic E-state index is 0.319. The van der Waals surface area contributed by atoms with Crippen LogP contribution in [0.3, 0.4) is 0 Å². The number of rotatable bonds is 7. The molecular formula is C28H30ClN7O3. The summed E-state index contributed by atoms with van der Waals surface area (Å²) in [4.78, 5) is 35.7. The molecule has 4 aromatic rings. The van der Waals surface area contributed by atoms with Crippen LogP contribution < -0.4 is 10.8 Å². The molecule has 1 saturated heterocycles. The number of hydrogen-bond donors (Lipinski definition) is 2. The lowest BCUT2D eigenvalue weighted by Crippen LogP contribution is -2.25. The lowest BCUT2D eigenvalue weighted by molar-refractivity contribution is 0.120. The van der Waals surface area contributed by atoms with Crippen molar-refractivity contribution in [3.8, 4) is 11.3 Å². The molecule has 4 heterocycles. The summed E-state index contributed by atoms with van der Waals surface area (Å²) in [5, 5.41) is 3.17. The van der Waals surface area contributed by atoms with Gasteiger partial charge < -0.3 is 14.1 Å². The number of hydroxylamine groups is 1. The molecule has 0 spiro atoms. The number of ether oxygens (including phenoxy) is 1. The SMILES string of the molecule is COC(c1ccccc1)c1nc2nc(C3NOC(=O)N3)nc(-c3cncc(Cl)c3)c2n1CC1CCC(C)CC1. The Morgan fingerprint density at radius 3 is 2.62 bits per heavy atom. The molecule has 2 fully saturated rings. The summed E-state index contributed by atoms with van der Waals surface area (Å²) in [6.45, 7) is 3.08. The van der Waals surface area contributed by atoms with Gasteiger partial charge in [-0.1, -0.05) is 61.7 Å². The predicted molar refractivity (Wildman–Crippen MR) is 145 cm³/mol. The third-order valence-corrected chi connectivity index (χ3v) is 7.77. The van der Waals surface area contributed by atoms with E-state index < -0.39 is 18.4 Å². The number of aromatic nitrogens is 5. The van der Waals surface area contributed by atoms with E-state index in [0.29, 0.717) is 28.1 Å². The molecular weight excluding hydrogens is 518 g/mol. The van der Waals surface area contributed by atoms with Crippen LogP contribution in [0, 0.1) is 11.8 Å². The van der Waals surface area contributed by atoms with Crippen molar-refractivity contribution in [2.45, 2.75) is 51.4 Å². The fraction of sp³-hybridized carbons (Fsp3) is 0.393. The van der Waals surface area contributed by atoms with Gasteiger partial charge in [0.25, 0.3) is 0 Å². The molecule has 11 heteroatoms. The number of fused-ring (bicyclic) bond motifs is 1. The molecule has 1 saturated carbocycles. The Hall–Kier alpha value is -3.60. The van der Waals surface area contributed by atoms with Gasteiger partial charge in [0.2, 0.25) is 0 Å². The Kier molecular flexibility index (Phi) is 7.16. The van der Waals surface area contributed by atoms with Gasteiger partial charge in [-0.3, -0.25) is 10.3 Å². The molecule has 2 unspecified atom stereocenters. The summed E-state index contributed by atoms with van der Waals surface area (Å²) in [6, 6.07) is 11.9. The summed E-state index contributed by atoms with van der Waals surface area (Å²) in [5.41, 5.74) is 6.25. The molecule has 10 nitrogen and oxygen atoms in total. The van der Waals surface area contributed by atoms with Crippen LogP contribution in [0.15, 0.2) is 48.8 Å². The molecule has 1 aliphatic heterocycles. The number of nitrogens with one attached hydrogen (secondary N) is 2. The smallest absolute Gasteiger partial charge is 0.369 e. The molecule has 2 aliphatic rings. The number of benzene rings is 1. The second-order valence-corrected chi connectivity index (χ2v) is 10.7. The van der Waals surface area contributed by atoms with E-state index in [1.807, 2.05) is 36.4 Å². The van der Waals surface area contributed by atoms with Crippen LogP contribution in [0.5, 0.6) is 0 Å². The molecule has 202 valence electrons. The van der Waals surface area contributed by atoms with E-state index in [1.54, 1.807) is 19.5 Å². The number of pyridine rings is 1. The number of imidazole rings is 1. The number of halogens is 1. The van der Waals surface area contributed by atoms with E-state index in [4.69, 9.17) is 36.1 Å². The predicted octanol–water partition coefficient (Wildman–Crippen LogP) is 5.35. The highest BCUT2D eigenvalue weighted by molar-refractivity contribution is 6.30. The van der Waals surface area contributed by atoms with Gasteiger partial charge in [0.15, 0.2) is 17.6 Å². The monoisotopic (exact) mass is 547 g/mol. The minimum atomic E-state index is -0.728. The van der Waals surface area contributed by atoms with Gasteiger partial charge in [0.05, 0.1) is 5.02 Å². The minimum Gasteiger partial charge on any atom is -0.369 e. The molecule has 1 aromatic carbocycles. The lowest BCUT2D eigenvalue weighted by atomic mass is 9.83. The van der Waals surface area contributed by atoms with Gasteiger partial charge in [-0.25, -0.2) is 19.7 Å². The van der Waals surface area contributed by atoms with E-state index in [9.17, 15) is 4.79 Å². The van der Waals surface area contributed by atoms with Gasteiger partial charge in [0, 0.05) is 31.6 Å². The Bertz CT molecular complexity index is 1490. The number of nitrogens with zero attached hydrogens (tertiary/aromatic N) is 5. The Balaban J connectivity index is 1.57. The van der Waals surface area contributed by atoms with E-state index in [0.717, 1.165) is 47.8 Å². The zero-order valence-electron chi connectivity index (χ0n) is 21.8. The maximum Gasteiger partial charge on any atom is 0.427 e. The van der Waals surface area contributed by atoms with Crippen LogP contribution in [0.1, 0.15) is 62.1 Å². The zero-order chi connectivity index (χ0) is 26.9. The van der Waals surface area contributed by atoms with E-state index >= 15 is 0 Å². The van der Waals surface area contributed by atoms with Crippen molar-refractivity contribution in [2.75, 3.05) is 7.11 Å². The van der Waals surface area contributed by atoms with Crippen LogP contribution in [-0.2, 0) is 16.1 Å². The molecule has 2 N–H and O–H groups in total. The maximum absolute atomic E-state index is 11.8. The number of carbonyl (C=O) groups excluding carboxylic acids is 1. The summed E-state index contributed by atoms with van der Waals surface area (Å²) in [7, 11) is 1.69. The van der Waals surface area contributed by atoms with Gasteiger partial charge in [-0.2, -0.15) is 0 Å². The Labute approximate surface area is 231 Å². The molecule has 1 aliphatic carbocycles. The molecule has 39 heavy (non-hydrogen) atoms. The fourth-order valence-corrected chi connectivity index (χ4v) is 5.70. The lowest BCUT2D eigenvalue weighted by Gasteiger charge is -2.28. The second-order valence-electron chi connectivity index (χ2n) is 10.3. The normalized spacial score (nSPS) is 22.0. The number of methoxy groups -OCH3 is 1. The van der Waals surface area contributed by atoms with Crippen LogP contribution in [-0.4, -0.2) is 37.7 Å². The number of carbonyl (C=O) groups is 1. The van der Waals surface area contributed by atoms with E-state index in [-0.39, 0.29) is 0 Å². The van der Waals surface area contributed by atoms with Crippen molar-refractivity contribution in [3.63, 3.8) is 0 Å². The molecule has 0 bridgehead atoms. The summed E-state index contributed by atoms with van der Waals surface area (Å²) in [5.74, 6) is 2.30. The maximum atomic E-state index is 11.8. The first-order valence-corrected chi connectivity index (χ1v) is 13.6.